The zero-order valence-corrected chi connectivity index (χ0v) is 7.26. The van der Waals surface area contributed by atoms with E-state index < -0.39 is 17.6 Å². The van der Waals surface area contributed by atoms with Crippen LogP contribution in [0.5, 0.6) is 0 Å². The molecular weight excluding hydrogens is 146 g/mol. The van der Waals surface area contributed by atoms with E-state index in [1.165, 1.54) is 0 Å². The van der Waals surface area contributed by atoms with Gasteiger partial charge >= 0.3 is 5.97 Å². The normalized spacial score (nSPS) is 14.3. The summed E-state index contributed by atoms with van der Waals surface area (Å²) in [6, 6.07) is -0.700. The Bertz CT molecular complexity index is 140. The first-order valence-corrected chi connectivity index (χ1v) is 3.55. The van der Waals surface area contributed by atoms with Gasteiger partial charge in [0.15, 0.2) is 0 Å². The van der Waals surface area contributed by atoms with Gasteiger partial charge in [-0.3, -0.25) is 4.79 Å². The second-order valence-electron chi connectivity index (χ2n) is 3.38. The molecule has 0 aromatic carbocycles. The molecule has 0 rings (SSSR count). The van der Waals surface area contributed by atoms with E-state index in [0.717, 1.165) is 0 Å². The van der Waals surface area contributed by atoms with Crippen molar-refractivity contribution in [3.05, 3.63) is 0 Å². The van der Waals surface area contributed by atoms with Crippen LogP contribution in [-0.2, 0) is 9.53 Å². The number of nitrogens with two attached hydrogens (primary N) is 2. The van der Waals surface area contributed by atoms with Crippen LogP contribution in [0.25, 0.3) is 0 Å². The summed E-state index contributed by atoms with van der Waals surface area (Å²) in [5.74, 6) is -0.444. The minimum absolute atomic E-state index is 0.120. The van der Waals surface area contributed by atoms with Gasteiger partial charge in [0, 0.05) is 6.54 Å². The lowest BCUT2D eigenvalue weighted by atomic mass is 10.2. The number of hydrogen-bond acceptors (Lipinski definition) is 4. The molecule has 1 atom stereocenters. The molecule has 4 N–H and O–H groups in total. The molecule has 0 aromatic rings. The average molecular weight is 162 g/mol. The van der Waals surface area contributed by atoms with Crippen molar-refractivity contribution in [2.24, 2.45) is 11.5 Å². The molecule has 0 heterocycles. The van der Waals surface area contributed by atoms with Crippen LogP contribution in [0.3, 0.4) is 0 Å². The third kappa shape index (κ3) is 4.75. The Morgan fingerprint density at radius 1 is 1.55 bits per heavy atom. The highest BCUT2D eigenvalue weighted by atomic mass is 16.6. The number of carbonyl (C=O) groups is 1. The predicted molar refractivity (Wildman–Crippen MR) is 42.9 cm³/mol. The van der Waals surface area contributed by atoms with Gasteiger partial charge in [-0.1, -0.05) is 0 Å². The molecule has 0 aliphatic carbocycles. The molecule has 0 saturated carbocycles. The molecule has 0 spiro atoms. The summed E-state index contributed by atoms with van der Waals surface area (Å²) >= 11 is 0. The minimum Gasteiger partial charge on any atom is -0.459 e. The topological polar surface area (TPSA) is 78.3 Å². The lowest BCUT2D eigenvalue weighted by Crippen LogP contribution is -2.42. The van der Waals surface area contributed by atoms with Gasteiger partial charge in [-0.15, -0.1) is 0 Å². The fourth-order valence-corrected chi connectivity index (χ4v) is 0.474. The maximum atomic E-state index is 11.0. The van der Waals surface area contributed by atoms with Crippen molar-refractivity contribution in [1.29, 1.82) is 0 Å². The zero-order valence-electron chi connectivity index (χ0n) is 7.26. The second kappa shape index (κ2) is 3.69. The fourth-order valence-electron chi connectivity index (χ4n) is 0.474. The predicted octanol–water partition coefficient (Wildman–Crippen LogP) is -0.386. The summed E-state index contributed by atoms with van der Waals surface area (Å²) in [5.41, 5.74) is 10.0. The van der Waals surface area contributed by atoms with Gasteiger partial charge in [-0.2, -0.15) is 0 Å². The molecule has 0 aromatic heterocycles. The highest BCUT2D eigenvalue weighted by Gasteiger charge is 2.20. The van der Waals surface area contributed by atoms with Crippen LogP contribution in [0.1, 0.15) is 20.8 Å². The molecule has 11 heavy (non-hydrogen) atoms. The summed E-state index contributed by atoms with van der Waals surface area (Å²) in [6.45, 7) is 5.48. The molecule has 0 aliphatic rings. The van der Waals surface area contributed by atoms with Gasteiger partial charge in [-0.05, 0) is 20.8 Å². The van der Waals surface area contributed by atoms with E-state index in [9.17, 15) is 4.79 Å². The van der Waals surface area contributed by atoms with E-state index in [-0.39, 0.29) is 6.54 Å². The number of esters is 1. The number of rotatable bonds is 2. The van der Waals surface area contributed by atoms with E-state index in [1.807, 2.05) is 0 Å². The molecule has 66 valence electrons. The monoisotopic (exact) mass is 162 g/mol. The van der Waals surface area contributed by atoms with Crippen LogP contribution >= 0.6 is 0 Å². The Balaban J connectivity index is 3.88. The molecule has 0 fully saturated rings. The Hall–Kier alpha value is -0.610. The van der Waals surface area contributed by atoms with E-state index in [1.54, 1.807) is 20.8 Å². The molecule has 4 nitrogen and oxygen atoms in total. The maximum absolute atomic E-state index is 11.0. The first-order valence-electron chi connectivity index (χ1n) is 3.55. The highest BCUT2D eigenvalue weighted by molar-refractivity contribution is 5.76. The van der Waals surface area contributed by atoms with Crippen LogP contribution in [0.4, 0.5) is 0 Å². The molecule has 0 bridgehead atoms. The van der Waals surface area contributed by atoms with Crippen molar-refractivity contribution < 1.29 is 9.53 Å². The fraction of sp³-hybridized carbons (Fsp3) is 0.857. The second-order valence-corrected chi connectivity index (χ2v) is 3.38. The SMILES string of the molecule is CC(C)(C)OC(=O)C([15NH2])C[15NH2]. The van der Waals surface area contributed by atoms with E-state index in [0.29, 0.717) is 0 Å². The number of hydrogen-bond donors (Lipinski definition) is 2. The van der Waals surface area contributed by atoms with Gasteiger partial charge < -0.3 is 16.2 Å². The van der Waals surface area contributed by atoms with Crippen LogP contribution < -0.4 is 11.5 Å². The molecule has 4 heteroatoms. The smallest absolute Gasteiger partial charge is 0.324 e. The van der Waals surface area contributed by atoms with E-state index in [2.05, 4.69) is 0 Å². The van der Waals surface area contributed by atoms with Gasteiger partial charge in [0.2, 0.25) is 0 Å². The van der Waals surface area contributed by atoms with Crippen LogP contribution in [0, 0.1) is 0 Å². The Labute approximate surface area is 66.9 Å². The molecule has 0 saturated heterocycles. The first kappa shape index (κ1) is 10.4. The Kier molecular flexibility index (Phi) is 3.48. The third-order valence-electron chi connectivity index (χ3n) is 0.963. The molecule has 0 radical (unpaired) electrons. The Morgan fingerprint density at radius 2 is 2.00 bits per heavy atom. The minimum atomic E-state index is -0.700. The van der Waals surface area contributed by atoms with Crippen LogP contribution in [0.15, 0.2) is 0 Å². The summed E-state index contributed by atoms with van der Waals surface area (Å²) in [6.07, 6.45) is 0. The quantitative estimate of drug-likeness (QED) is 0.428. The van der Waals surface area contributed by atoms with Gasteiger partial charge in [-0.25, -0.2) is 0 Å². The molecular formula is C7H16N2O2. The summed E-state index contributed by atoms with van der Waals surface area (Å²) in [4.78, 5) is 11.0. The van der Waals surface area contributed by atoms with Crippen LogP contribution in [0.2, 0.25) is 0 Å². The number of ether oxygens (including phenoxy) is 1. The number of carbonyl (C=O) groups excluding carboxylic acids is 1. The third-order valence-corrected chi connectivity index (χ3v) is 0.963. The lowest BCUT2D eigenvalue weighted by molar-refractivity contribution is -0.156. The van der Waals surface area contributed by atoms with Gasteiger partial charge in [0.1, 0.15) is 11.6 Å². The zero-order chi connectivity index (χ0) is 9.07. The van der Waals surface area contributed by atoms with Gasteiger partial charge in [0.05, 0.1) is 0 Å². The van der Waals surface area contributed by atoms with Crippen molar-refractivity contribution in [2.75, 3.05) is 6.54 Å². The highest BCUT2D eigenvalue weighted by Crippen LogP contribution is 2.07. The van der Waals surface area contributed by atoms with Crippen molar-refractivity contribution in [2.45, 2.75) is 32.4 Å². The molecule has 0 aliphatic heterocycles. The van der Waals surface area contributed by atoms with Crippen molar-refractivity contribution in [3.63, 3.8) is 0 Å². The summed E-state index contributed by atoms with van der Waals surface area (Å²) in [5, 5.41) is 0. The van der Waals surface area contributed by atoms with Crippen molar-refractivity contribution in [3.8, 4) is 0 Å². The summed E-state index contributed by atoms with van der Waals surface area (Å²) < 4.78 is 4.95. The lowest BCUT2D eigenvalue weighted by Gasteiger charge is -2.21. The van der Waals surface area contributed by atoms with Crippen LogP contribution in [-0.4, -0.2) is 24.2 Å². The Morgan fingerprint density at radius 3 is 2.27 bits per heavy atom. The molecule has 0 amide bonds. The van der Waals surface area contributed by atoms with Gasteiger partial charge in [0.25, 0.3) is 0 Å². The standard InChI is InChI=1S/C7H16N2O2/c1-7(2,3)11-6(10)5(9)4-8/h5H,4,8-9H2,1-3H3/i8+1,9+1. The van der Waals surface area contributed by atoms with E-state index in [4.69, 9.17) is 16.2 Å². The summed E-state index contributed by atoms with van der Waals surface area (Å²) in [7, 11) is 0. The first-order chi connectivity index (χ1) is 4.87. The van der Waals surface area contributed by atoms with Crippen molar-refractivity contribution in [1.82, 2.24) is 0 Å². The largest absolute Gasteiger partial charge is 0.459 e. The van der Waals surface area contributed by atoms with Crippen molar-refractivity contribution >= 4 is 5.97 Å². The average Bonchev–Trinajstić information content (AvgIpc) is 1.82. The van der Waals surface area contributed by atoms with E-state index >= 15 is 0 Å². The maximum Gasteiger partial charge on any atom is 0.324 e. The molecule has 1 unspecified atom stereocenters.